The third-order valence-electron chi connectivity index (χ3n) is 5.73. The van der Waals surface area contributed by atoms with Crippen LogP contribution in [0.15, 0.2) is 54.7 Å². The van der Waals surface area contributed by atoms with Crippen molar-refractivity contribution in [3.8, 4) is 5.75 Å². The molecule has 6 heteroatoms. The van der Waals surface area contributed by atoms with E-state index < -0.39 is 5.97 Å². The molecule has 1 N–H and O–H groups in total. The Balaban J connectivity index is 1.55. The first-order chi connectivity index (χ1) is 15.1. The van der Waals surface area contributed by atoms with Crippen molar-refractivity contribution in [2.24, 2.45) is 0 Å². The minimum absolute atomic E-state index is 0.257. The fourth-order valence-electron chi connectivity index (χ4n) is 3.78. The number of aromatic nitrogens is 2. The summed E-state index contributed by atoms with van der Waals surface area (Å²) in [5.74, 6) is 0.354. The lowest BCUT2D eigenvalue weighted by Gasteiger charge is -2.13. The van der Waals surface area contributed by atoms with Gasteiger partial charge in [0.15, 0.2) is 5.69 Å². The van der Waals surface area contributed by atoms with Crippen LogP contribution in [0.1, 0.15) is 41.4 Å². The van der Waals surface area contributed by atoms with Crippen LogP contribution in [-0.4, -0.2) is 28.6 Å². The predicted octanol–water partition coefficient (Wildman–Crippen LogP) is 5.15. The van der Waals surface area contributed by atoms with Gasteiger partial charge < -0.3 is 19.2 Å². The zero-order valence-corrected chi connectivity index (χ0v) is 17.6. The number of pyridine rings is 1. The lowest BCUT2D eigenvalue weighted by atomic mass is 10.1. The molecule has 0 spiro atoms. The fraction of sp³-hybridized carbons (Fsp3) is 0.280. The number of benzene rings is 2. The van der Waals surface area contributed by atoms with Gasteiger partial charge in [0.05, 0.1) is 18.3 Å². The molecule has 0 radical (unpaired) electrons. The van der Waals surface area contributed by atoms with Gasteiger partial charge in [-0.15, -0.1) is 0 Å². The average molecular weight is 416 g/mol. The first-order valence-electron chi connectivity index (χ1n) is 10.4. The molecule has 0 atom stereocenters. The number of nitrogens with zero attached hydrogens (tertiary/aromatic N) is 1. The van der Waals surface area contributed by atoms with E-state index in [1.165, 1.54) is 0 Å². The van der Waals surface area contributed by atoms with E-state index in [1.807, 2.05) is 55.5 Å². The van der Waals surface area contributed by atoms with Gasteiger partial charge in [0, 0.05) is 29.0 Å². The number of aromatic amines is 1. The van der Waals surface area contributed by atoms with Gasteiger partial charge in [-0.3, -0.25) is 0 Å². The van der Waals surface area contributed by atoms with Gasteiger partial charge in [-0.2, -0.15) is 0 Å². The molecule has 0 unspecified atom stereocenters. The van der Waals surface area contributed by atoms with Gasteiger partial charge in [0.1, 0.15) is 18.0 Å². The Morgan fingerprint density at radius 3 is 2.65 bits per heavy atom. The summed E-state index contributed by atoms with van der Waals surface area (Å²) < 4.78 is 17.1. The number of H-pyrrole nitrogens is 1. The molecule has 1 aliphatic rings. The van der Waals surface area contributed by atoms with E-state index in [0.717, 1.165) is 51.5 Å². The summed E-state index contributed by atoms with van der Waals surface area (Å²) in [6.07, 6.45) is 3.45. The summed E-state index contributed by atoms with van der Waals surface area (Å²) in [7, 11) is 1.61. The van der Waals surface area contributed by atoms with E-state index >= 15 is 0 Å². The predicted molar refractivity (Wildman–Crippen MR) is 118 cm³/mol. The second-order valence-electron chi connectivity index (χ2n) is 8.25. The molecule has 0 amide bonds. The van der Waals surface area contributed by atoms with Crippen LogP contribution in [0.4, 0.5) is 0 Å². The maximum Gasteiger partial charge on any atom is 0.357 e. The Bertz CT molecular complexity index is 1260. The quantitative estimate of drug-likeness (QED) is 0.422. The number of fused-ring (bicyclic) bond motifs is 3. The number of nitrogens with one attached hydrogen (secondary N) is 1. The Labute approximate surface area is 180 Å². The standard InChI is InChI=1S/C25H24N2O4/c1-25(10-11-25)31-24(28)23-19(15-29-2)22-18-12-17(30-14-16-6-4-3-5-7-16)8-9-20(18)27-21(22)13-26-23/h3-9,12-13,27H,10-11,14-15H2,1-2H3. The van der Waals surface area contributed by atoms with Crippen molar-refractivity contribution in [1.29, 1.82) is 0 Å². The third-order valence-corrected chi connectivity index (χ3v) is 5.73. The van der Waals surface area contributed by atoms with Crippen LogP contribution >= 0.6 is 0 Å². The number of esters is 1. The SMILES string of the molecule is COCc1c(C(=O)OC2(C)CC2)ncc2[nH]c3ccc(OCc4ccccc4)cc3c12. The zero-order chi connectivity index (χ0) is 21.4. The zero-order valence-electron chi connectivity index (χ0n) is 17.6. The summed E-state index contributed by atoms with van der Waals surface area (Å²) in [5.41, 5.74) is 3.55. The first-order valence-corrected chi connectivity index (χ1v) is 10.4. The Morgan fingerprint density at radius 1 is 1.10 bits per heavy atom. The number of carbonyl (C=O) groups excluding carboxylic acids is 1. The van der Waals surface area contributed by atoms with Crippen molar-refractivity contribution >= 4 is 27.8 Å². The largest absolute Gasteiger partial charge is 0.489 e. The van der Waals surface area contributed by atoms with Crippen LogP contribution in [0.2, 0.25) is 0 Å². The van der Waals surface area contributed by atoms with E-state index in [-0.39, 0.29) is 12.2 Å². The molecule has 4 aromatic rings. The number of hydrogen-bond donors (Lipinski definition) is 1. The summed E-state index contributed by atoms with van der Waals surface area (Å²) in [6.45, 7) is 2.69. The molecule has 5 rings (SSSR count). The van der Waals surface area contributed by atoms with Crippen molar-refractivity contribution in [2.45, 2.75) is 38.6 Å². The normalized spacial score (nSPS) is 14.6. The monoisotopic (exact) mass is 416 g/mol. The van der Waals surface area contributed by atoms with Crippen LogP contribution in [0.5, 0.6) is 5.75 Å². The number of hydrogen-bond acceptors (Lipinski definition) is 5. The molecule has 6 nitrogen and oxygen atoms in total. The molecule has 31 heavy (non-hydrogen) atoms. The molecule has 158 valence electrons. The maximum atomic E-state index is 12.8. The average Bonchev–Trinajstić information content (AvgIpc) is 3.38. The number of rotatable bonds is 7. The molecule has 0 bridgehead atoms. The second kappa shape index (κ2) is 7.71. The highest BCUT2D eigenvalue weighted by atomic mass is 16.6. The number of carbonyl (C=O) groups is 1. The Hall–Kier alpha value is -3.38. The van der Waals surface area contributed by atoms with Crippen LogP contribution in [0, 0.1) is 0 Å². The van der Waals surface area contributed by atoms with Crippen molar-refractivity contribution in [2.75, 3.05) is 7.11 Å². The van der Waals surface area contributed by atoms with Crippen LogP contribution < -0.4 is 4.74 Å². The molecular weight excluding hydrogens is 392 g/mol. The number of methoxy groups -OCH3 is 1. The molecule has 2 aromatic carbocycles. The van der Waals surface area contributed by atoms with E-state index in [0.29, 0.717) is 12.3 Å². The highest BCUT2D eigenvalue weighted by molar-refractivity contribution is 6.11. The van der Waals surface area contributed by atoms with E-state index in [2.05, 4.69) is 9.97 Å². The first kappa shape index (κ1) is 19.6. The molecule has 1 saturated carbocycles. The molecule has 0 aliphatic heterocycles. The van der Waals surface area contributed by atoms with Gasteiger partial charge >= 0.3 is 5.97 Å². The molecule has 2 aromatic heterocycles. The van der Waals surface area contributed by atoms with Crippen molar-refractivity contribution < 1.29 is 19.0 Å². The minimum Gasteiger partial charge on any atom is -0.489 e. The van der Waals surface area contributed by atoms with E-state index in [1.54, 1.807) is 13.3 Å². The van der Waals surface area contributed by atoms with Crippen molar-refractivity contribution in [3.63, 3.8) is 0 Å². The summed E-state index contributed by atoms with van der Waals surface area (Å²) in [6, 6.07) is 16.0. The topological polar surface area (TPSA) is 73.4 Å². The lowest BCUT2D eigenvalue weighted by molar-refractivity contribution is 0.0265. The highest BCUT2D eigenvalue weighted by Crippen LogP contribution is 2.40. The second-order valence-corrected chi connectivity index (χ2v) is 8.25. The maximum absolute atomic E-state index is 12.8. The van der Waals surface area contributed by atoms with Crippen LogP contribution in [-0.2, 0) is 22.7 Å². The summed E-state index contributed by atoms with van der Waals surface area (Å²) in [4.78, 5) is 20.6. The molecule has 0 saturated heterocycles. The highest BCUT2D eigenvalue weighted by Gasteiger charge is 2.42. The smallest absolute Gasteiger partial charge is 0.357 e. The molecular formula is C25H24N2O4. The molecule has 2 heterocycles. The van der Waals surface area contributed by atoms with Crippen molar-refractivity contribution in [1.82, 2.24) is 9.97 Å². The van der Waals surface area contributed by atoms with Gasteiger partial charge in [-0.05, 0) is 43.5 Å². The Kier molecular flexibility index (Phi) is 4.87. The van der Waals surface area contributed by atoms with Crippen molar-refractivity contribution in [3.05, 3.63) is 71.5 Å². The van der Waals surface area contributed by atoms with E-state index in [4.69, 9.17) is 14.2 Å². The van der Waals surface area contributed by atoms with Crippen LogP contribution in [0.25, 0.3) is 21.8 Å². The fourth-order valence-corrected chi connectivity index (χ4v) is 3.78. The number of ether oxygens (including phenoxy) is 3. The Morgan fingerprint density at radius 2 is 1.90 bits per heavy atom. The molecule has 1 aliphatic carbocycles. The van der Waals surface area contributed by atoms with Gasteiger partial charge in [0.25, 0.3) is 0 Å². The minimum atomic E-state index is -0.403. The third kappa shape index (κ3) is 3.86. The van der Waals surface area contributed by atoms with Gasteiger partial charge in [-0.1, -0.05) is 30.3 Å². The van der Waals surface area contributed by atoms with Gasteiger partial charge in [-0.25, -0.2) is 9.78 Å². The van der Waals surface area contributed by atoms with Gasteiger partial charge in [0.2, 0.25) is 0 Å². The van der Waals surface area contributed by atoms with E-state index in [9.17, 15) is 4.79 Å². The van der Waals surface area contributed by atoms with Crippen LogP contribution in [0.3, 0.4) is 0 Å². The molecule has 1 fully saturated rings. The summed E-state index contributed by atoms with van der Waals surface area (Å²) >= 11 is 0. The summed E-state index contributed by atoms with van der Waals surface area (Å²) in [5, 5.41) is 1.87. The lowest BCUT2D eigenvalue weighted by Crippen LogP contribution is -2.18.